The molecule has 4 aliphatic rings. The smallest absolute Gasteiger partial charge is 0.310 e. The third-order valence-corrected chi connectivity index (χ3v) is 12.4. The van der Waals surface area contributed by atoms with Gasteiger partial charge in [0, 0.05) is 0 Å². The van der Waals surface area contributed by atoms with Crippen molar-refractivity contribution in [2.45, 2.75) is 133 Å². The van der Waals surface area contributed by atoms with Crippen molar-refractivity contribution in [1.82, 2.24) is 0 Å². The van der Waals surface area contributed by atoms with Crippen LogP contribution in [0.2, 0.25) is 0 Å². The van der Waals surface area contributed by atoms with E-state index in [-0.39, 0.29) is 22.2 Å². The normalized spacial score (nSPS) is 46.0. The molecule has 0 aromatic rings. The first-order valence-corrected chi connectivity index (χ1v) is 14.5. The Labute approximate surface area is 210 Å². The van der Waals surface area contributed by atoms with Crippen molar-refractivity contribution < 1.29 is 9.90 Å². The highest BCUT2D eigenvalue weighted by Crippen LogP contribution is 2.74. The summed E-state index contributed by atoms with van der Waals surface area (Å²) in [4.78, 5) is 12.8. The van der Waals surface area contributed by atoms with Crippen LogP contribution in [0, 0.1) is 50.2 Å². The summed E-state index contributed by atoms with van der Waals surface area (Å²) >= 11 is 0. The van der Waals surface area contributed by atoms with Crippen molar-refractivity contribution in [1.29, 1.82) is 0 Å². The van der Waals surface area contributed by atoms with Gasteiger partial charge in [0.15, 0.2) is 0 Å². The van der Waals surface area contributed by atoms with Gasteiger partial charge in [0.2, 0.25) is 0 Å². The number of unbranched alkanes of at least 4 members (excludes halogenated alkanes) is 1. The Kier molecular flexibility index (Phi) is 6.27. The maximum Gasteiger partial charge on any atom is 0.310 e. The molecule has 0 saturated heterocycles. The van der Waals surface area contributed by atoms with E-state index in [1.54, 1.807) is 5.57 Å². The molecule has 0 heterocycles. The highest BCUT2D eigenvalue weighted by Gasteiger charge is 2.67. The SMILES string of the molecule is CCCC[C@@]1(C)C(C(C)(C)C)CC[C@]2(C)C1CC=C1C3CC(C)(C)CC[C@]3(C(=O)O)CC[C@]12C. The van der Waals surface area contributed by atoms with Gasteiger partial charge in [-0.15, -0.1) is 0 Å². The summed E-state index contributed by atoms with van der Waals surface area (Å²) in [5.74, 6) is 1.13. The fourth-order valence-corrected chi connectivity index (χ4v) is 10.3. The minimum Gasteiger partial charge on any atom is -0.481 e. The molecule has 0 aromatic carbocycles. The summed E-state index contributed by atoms with van der Waals surface area (Å²) in [6, 6.07) is 0. The van der Waals surface area contributed by atoms with Crippen molar-refractivity contribution in [3.05, 3.63) is 11.6 Å². The molecule has 1 N–H and O–H groups in total. The van der Waals surface area contributed by atoms with E-state index in [0.717, 1.165) is 44.4 Å². The van der Waals surface area contributed by atoms with Crippen LogP contribution < -0.4 is 0 Å². The molecule has 3 unspecified atom stereocenters. The number of aliphatic carboxylic acids is 1. The van der Waals surface area contributed by atoms with Crippen molar-refractivity contribution in [3.63, 3.8) is 0 Å². The van der Waals surface area contributed by atoms with Gasteiger partial charge in [-0.05, 0) is 103 Å². The molecular formula is C32H54O2. The number of rotatable bonds is 4. The molecule has 0 aliphatic heterocycles. The minimum absolute atomic E-state index is 0.128. The largest absolute Gasteiger partial charge is 0.481 e. The molecule has 0 radical (unpaired) electrons. The molecule has 2 heteroatoms. The van der Waals surface area contributed by atoms with E-state index in [4.69, 9.17) is 0 Å². The molecule has 3 fully saturated rings. The van der Waals surface area contributed by atoms with Crippen LogP contribution in [-0.2, 0) is 4.79 Å². The molecule has 0 bridgehead atoms. The summed E-state index contributed by atoms with van der Waals surface area (Å²) in [7, 11) is 0. The molecular weight excluding hydrogens is 416 g/mol. The lowest BCUT2D eigenvalue weighted by atomic mass is 9.34. The van der Waals surface area contributed by atoms with Gasteiger partial charge in [-0.1, -0.05) is 86.8 Å². The van der Waals surface area contributed by atoms with Crippen molar-refractivity contribution in [2.75, 3.05) is 0 Å². The molecule has 2 nitrogen and oxygen atoms in total. The summed E-state index contributed by atoms with van der Waals surface area (Å²) in [6.07, 6.45) is 15.2. The first-order valence-electron chi connectivity index (χ1n) is 14.5. The van der Waals surface area contributed by atoms with Crippen molar-refractivity contribution in [2.24, 2.45) is 50.2 Å². The molecule has 4 rings (SSSR count). The van der Waals surface area contributed by atoms with Crippen LogP contribution in [0.3, 0.4) is 0 Å². The quantitative estimate of drug-likeness (QED) is 0.416. The van der Waals surface area contributed by atoms with Crippen molar-refractivity contribution in [3.8, 4) is 0 Å². The molecule has 0 spiro atoms. The van der Waals surface area contributed by atoms with Gasteiger partial charge < -0.3 is 5.11 Å². The van der Waals surface area contributed by atoms with E-state index in [1.165, 1.54) is 32.1 Å². The van der Waals surface area contributed by atoms with Crippen LogP contribution in [0.25, 0.3) is 0 Å². The topological polar surface area (TPSA) is 37.3 Å². The maximum absolute atomic E-state index is 12.8. The Hall–Kier alpha value is -0.790. The Morgan fingerprint density at radius 1 is 1.03 bits per heavy atom. The lowest BCUT2D eigenvalue weighted by Crippen LogP contribution is -2.63. The van der Waals surface area contributed by atoms with Gasteiger partial charge in [-0.2, -0.15) is 0 Å². The molecule has 4 aliphatic carbocycles. The summed E-state index contributed by atoms with van der Waals surface area (Å²) in [6.45, 7) is 22.4. The zero-order valence-electron chi connectivity index (χ0n) is 23.9. The van der Waals surface area contributed by atoms with Crippen LogP contribution in [0.5, 0.6) is 0 Å². The number of carboxylic acids is 1. The third kappa shape index (κ3) is 3.58. The highest BCUT2D eigenvalue weighted by atomic mass is 16.4. The van der Waals surface area contributed by atoms with Crippen molar-refractivity contribution >= 4 is 5.97 Å². The average molecular weight is 471 g/mol. The fourth-order valence-electron chi connectivity index (χ4n) is 10.3. The zero-order chi connectivity index (χ0) is 25.4. The van der Waals surface area contributed by atoms with Gasteiger partial charge in [0.1, 0.15) is 0 Å². The van der Waals surface area contributed by atoms with E-state index in [2.05, 4.69) is 68.4 Å². The van der Waals surface area contributed by atoms with Crippen LogP contribution >= 0.6 is 0 Å². The Morgan fingerprint density at radius 2 is 1.68 bits per heavy atom. The van der Waals surface area contributed by atoms with E-state index < -0.39 is 11.4 Å². The summed E-state index contributed by atoms with van der Waals surface area (Å²) < 4.78 is 0. The van der Waals surface area contributed by atoms with Gasteiger partial charge in [-0.25, -0.2) is 0 Å². The van der Waals surface area contributed by atoms with Gasteiger partial charge in [0.05, 0.1) is 5.41 Å². The van der Waals surface area contributed by atoms with Crippen LogP contribution in [0.15, 0.2) is 11.6 Å². The molecule has 7 atom stereocenters. The van der Waals surface area contributed by atoms with Crippen LogP contribution in [0.1, 0.15) is 133 Å². The van der Waals surface area contributed by atoms with Gasteiger partial charge >= 0.3 is 5.97 Å². The zero-order valence-corrected chi connectivity index (χ0v) is 23.9. The standard InChI is InChI=1S/C32H54O2/c1-10-11-15-29(7)24(27(2,3)4)14-16-31(9)25(29)13-12-22-23-21-28(5,6)17-19-32(23,26(33)34)20-18-30(22,31)8/h12,23-25H,10-11,13-21H2,1-9H3,(H,33,34)/t23?,24?,25?,29-,30+,31+,32-/m0/s1. The van der Waals surface area contributed by atoms with E-state index in [0.29, 0.717) is 16.7 Å². The number of allylic oxidation sites excluding steroid dienone is 2. The van der Waals surface area contributed by atoms with Crippen LogP contribution in [-0.4, -0.2) is 11.1 Å². The lowest BCUT2D eigenvalue weighted by Gasteiger charge is -2.69. The van der Waals surface area contributed by atoms with Gasteiger partial charge in [-0.3, -0.25) is 4.79 Å². The highest BCUT2D eigenvalue weighted by molar-refractivity contribution is 5.76. The predicted octanol–water partition coefficient (Wildman–Crippen LogP) is 9.29. The molecule has 194 valence electrons. The molecule has 34 heavy (non-hydrogen) atoms. The summed E-state index contributed by atoms with van der Waals surface area (Å²) in [5.41, 5.74) is 2.32. The number of carbonyl (C=O) groups is 1. The number of hydrogen-bond acceptors (Lipinski definition) is 1. The average Bonchev–Trinajstić information content (AvgIpc) is 2.71. The second-order valence-electron chi connectivity index (χ2n) is 15.6. The first kappa shape index (κ1) is 26.3. The number of hydrogen-bond donors (Lipinski definition) is 1. The van der Waals surface area contributed by atoms with E-state index >= 15 is 0 Å². The second kappa shape index (κ2) is 8.11. The minimum atomic E-state index is -0.530. The Bertz CT molecular complexity index is 846. The van der Waals surface area contributed by atoms with Gasteiger partial charge in [0.25, 0.3) is 0 Å². The number of carboxylic acid groups (broad SMARTS) is 1. The maximum atomic E-state index is 12.8. The summed E-state index contributed by atoms with van der Waals surface area (Å²) in [5, 5.41) is 10.5. The first-order chi connectivity index (χ1) is 15.6. The van der Waals surface area contributed by atoms with E-state index in [9.17, 15) is 9.90 Å². The Balaban J connectivity index is 1.82. The lowest BCUT2D eigenvalue weighted by molar-refractivity contribution is -0.179. The second-order valence-corrected chi connectivity index (χ2v) is 15.6. The molecule has 0 amide bonds. The van der Waals surface area contributed by atoms with E-state index in [1.807, 2.05) is 0 Å². The third-order valence-electron chi connectivity index (χ3n) is 12.4. The van der Waals surface area contributed by atoms with Crippen LogP contribution in [0.4, 0.5) is 0 Å². The number of fused-ring (bicyclic) bond motifs is 5. The molecule has 3 saturated carbocycles. The molecule has 0 aromatic heterocycles. The fraction of sp³-hybridized carbons (Fsp3) is 0.906. The Morgan fingerprint density at radius 3 is 2.26 bits per heavy atom. The monoisotopic (exact) mass is 470 g/mol. The predicted molar refractivity (Wildman–Crippen MR) is 143 cm³/mol.